The van der Waals surface area contributed by atoms with E-state index in [1.165, 1.54) is 36.5 Å². The van der Waals surface area contributed by atoms with E-state index in [4.69, 9.17) is 0 Å². The van der Waals surface area contributed by atoms with Crippen molar-refractivity contribution in [1.82, 2.24) is 9.88 Å². The zero-order valence-corrected chi connectivity index (χ0v) is 13.2. The highest BCUT2D eigenvalue weighted by molar-refractivity contribution is 6.23. The molecule has 0 N–H and O–H groups in total. The maximum atomic E-state index is 13.9. The van der Waals surface area contributed by atoms with Gasteiger partial charge in [-0.2, -0.15) is 0 Å². The molecule has 0 aliphatic carbocycles. The summed E-state index contributed by atoms with van der Waals surface area (Å²) in [6.45, 7) is -0.227. The molecule has 128 valence electrons. The molecule has 0 bridgehead atoms. The fourth-order valence-corrected chi connectivity index (χ4v) is 3.13. The second kappa shape index (κ2) is 5.69. The Labute approximate surface area is 145 Å². The summed E-state index contributed by atoms with van der Waals surface area (Å²) >= 11 is 0. The van der Waals surface area contributed by atoms with Crippen LogP contribution in [0.25, 0.3) is 10.9 Å². The minimum Gasteiger partial charge on any atom is -0.270 e. The van der Waals surface area contributed by atoms with E-state index in [1.54, 1.807) is 12.1 Å². The van der Waals surface area contributed by atoms with E-state index in [0.29, 0.717) is 16.5 Å². The van der Waals surface area contributed by atoms with Crippen molar-refractivity contribution in [2.45, 2.75) is 6.54 Å². The number of nitrogens with zero attached hydrogens (tertiary/aromatic N) is 3. The Hall–Kier alpha value is -3.68. The number of pyridine rings is 1. The second-order valence-electron chi connectivity index (χ2n) is 5.79. The quantitative estimate of drug-likeness (QED) is 0.411. The number of aromatic nitrogens is 1. The Balaban J connectivity index is 1.80. The summed E-state index contributed by atoms with van der Waals surface area (Å²) < 4.78 is 13.9. The normalized spacial score (nSPS) is 13.3. The molecule has 0 atom stereocenters. The summed E-state index contributed by atoms with van der Waals surface area (Å²) in [5.74, 6) is -1.95. The van der Waals surface area contributed by atoms with Gasteiger partial charge in [0.05, 0.1) is 22.5 Å². The van der Waals surface area contributed by atoms with Gasteiger partial charge in [0.2, 0.25) is 0 Å². The third kappa shape index (κ3) is 2.31. The van der Waals surface area contributed by atoms with Gasteiger partial charge in [0.25, 0.3) is 17.5 Å². The summed E-state index contributed by atoms with van der Waals surface area (Å²) in [5.41, 5.74) is 0.109. The fourth-order valence-electron chi connectivity index (χ4n) is 3.13. The molecule has 2 aromatic carbocycles. The third-order valence-electron chi connectivity index (χ3n) is 4.25. The molecule has 0 radical (unpaired) electrons. The zero-order chi connectivity index (χ0) is 18.4. The monoisotopic (exact) mass is 351 g/mol. The molecule has 0 fully saturated rings. The minimum atomic E-state index is -0.773. The molecule has 8 heteroatoms. The van der Waals surface area contributed by atoms with Crippen molar-refractivity contribution in [1.29, 1.82) is 0 Å². The van der Waals surface area contributed by atoms with Gasteiger partial charge in [0, 0.05) is 23.2 Å². The topological polar surface area (TPSA) is 93.4 Å². The van der Waals surface area contributed by atoms with E-state index < -0.39 is 28.2 Å². The van der Waals surface area contributed by atoms with Crippen molar-refractivity contribution >= 4 is 28.4 Å². The standard InChI is InChI=1S/C18H10FN3O4/c19-12-7-10-3-2-6-20-16(10)11(8-12)9-21-17(23)13-4-1-5-14(22(25)26)15(13)18(21)24/h1-8H,9H2. The number of nitro groups is 1. The molecule has 26 heavy (non-hydrogen) atoms. The Morgan fingerprint density at radius 1 is 1.12 bits per heavy atom. The minimum absolute atomic E-state index is 0.0298. The fraction of sp³-hybridized carbons (Fsp3) is 0.0556. The molecular formula is C18H10FN3O4. The van der Waals surface area contributed by atoms with Crippen molar-refractivity contribution < 1.29 is 18.9 Å². The highest BCUT2D eigenvalue weighted by Gasteiger charge is 2.41. The number of hydrogen-bond acceptors (Lipinski definition) is 5. The largest absolute Gasteiger partial charge is 0.282 e. The molecule has 2 amide bonds. The predicted molar refractivity (Wildman–Crippen MR) is 89.0 cm³/mol. The summed E-state index contributed by atoms with van der Waals surface area (Å²) in [5, 5.41) is 11.7. The van der Waals surface area contributed by atoms with Crippen LogP contribution in [0.15, 0.2) is 48.7 Å². The van der Waals surface area contributed by atoms with Gasteiger partial charge in [0.1, 0.15) is 11.4 Å². The van der Waals surface area contributed by atoms with Gasteiger partial charge in [-0.1, -0.05) is 12.1 Å². The molecule has 3 aromatic rings. The van der Waals surface area contributed by atoms with Gasteiger partial charge in [-0.15, -0.1) is 0 Å². The Morgan fingerprint density at radius 3 is 2.69 bits per heavy atom. The van der Waals surface area contributed by atoms with Crippen LogP contribution in [0.5, 0.6) is 0 Å². The van der Waals surface area contributed by atoms with Crippen molar-refractivity contribution in [2.24, 2.45) is 0 Å². The molecule has 4 rings (SSSR count). The van der Waals surface area contributed by atoms with Crippen LogP contribution < -0.4 is 0 Å². The third-order valence-corrected chi connectivity index (χ3v) is 4.25. The molecular weight excluding hydrogens is 341 g/mol. The van der Waals surface area contributed by atoms with Gasteiger partial charge in [0.15, 0.2) is 0 Å². The number of fused-ring (bicyclic) bond motifs is 2. The number of carbonyl (C=O) groups is 2. The molecule has 7 nitrogen and oxygen atoms in total. The molecule has 2 heterocycles. The van der Waals surface area contributed by atoms with Crippen LogP contribution in [0.3, 0.4) is 0 Å². The van der Waals surface area contributed by atoms with Crippen molar-refractivity contribution in [3.05, 3.63) is 81.3 Å². The lowest BCUT2D eigenvalue weighted by Gasteiger charge is -2.15. The average molecular weight is 351 g/mol. The van der Waals surface area contributed by atoms with E-state index in [9.17, 15) is 24.1 Å². The van der Waals surface area contributed by atoms with Crippen LogP contribution in [0.4, 0.5) is 10.1 Å². The van der Waals surface area contributed by atoms with Crippen LogP contribution in [0.1, 0.15) is 26.3 Å². The number of carbonyl (C=O) groups excluding carboxylic acids is 2. The van der Waals surface area contributed by atoms with Crippen LogP contribution in [0, 0.1) is 15.9 Å². The summed E-state index contributed by atoms with van der Waals surface area (Å²) in [6, 6.07) is 9.72. The number of benzene rings is 2. The number of hydrogen-bond donors (Lipinski definition) is 0. The molecule has 0 unspecified atom stereocenters. The van der Waals surface area contributed by atoms with Crippen LogP contribution in [-0.2, 0) is 6.54 Å². The smallest absolute Gasteiger partial charge is 0.270 e. The maximum absolute atomic E-state index is 13.9. The number of imide groups is 1. The number of nitro benzene ring substituents is 1. The van der Waals surface area contributed by atoms with E-state index >= 15 is 0 Å². The van der Waals surface area contributed by atoms with Crippen molar-refractivity contribution in [2.75, 3.05) is 0 Å². The first-order valence-electron chi connectivity index (χ1n) is 7.64. The molecule has 1 aromatic heterocycles. The first-order chi connectivity index (χ1) is 12.5. The zero-order valence-electron chi connectivity index (χ0n) is 13.2. The molecule has 0 saturated carbocycles. The Morgan fingerprint density at radius 2 is 1.92 bits per heavy atom. The Bertz CT molecular complexity index is 1110. The summed E-state index contributed by atoms with van der Waals surface area (Å²) in [6.07, 6.45) is 1.52. The van der Waals surface area contributed by atoms with Crippen molar-refractivity contribution in [3.63, 3.8) is 0 Å². The lowest BCUT2D eigenvalue weighted by atomic mass is 10.1. The Kier molecular flexibility index (Phi) is 3.47. The van der Waals surface area contributed by atoms with E-state index in [2.05, 4.69) is 4.98 Å². The second-order valence-corrected chi connectivity index (χ2v) is 5.79. The SMILES string of the molecule is O=C1c2cccc([N+](=O)[O-])c2C(=O)N1Cc1cc(F)cc2cccnc12. The molecule has 0 saturated heterocycles. The van der Waals surface area contributed by atoms with Gasteiger partial charge in [-0.25, -0.2) is 4.39 Å². The lowest BCUT2D eigenvalue weighted by Crippen LogP contribution is -2.29. The highest BCUT2D eigenvalue weighted by Crippen LogP contribution is 2.32. The first kappa shape index (κ1) is 15.8. The number of rotatable bonds is 3. The van der Waals surface area contributed by atoms with Gasteiger partial charge < -0.3 is 0 Å². The maximum Gasteiger partial charge on any atom is 0.282 e. The predicted octanol–water partition coefficient (Wildman–Crippen LogP) is 3.08. The van der Waals surface area contributed by atoms with Gasteiger partial charge in [-0.05, 0) is 24.3 Å². The summed E-state index contributed by atoms with van der Waals surface area (Å²) in [4.78, 5) is 40.7. The highest BCUT2D eigenvalue weighted by atomic mass is 19.1. The lowest BCUT2D eigenvalue weighted by molar-refractivity contribution is -0.385. The van der Waals surface area contributed by atoms with E-state index in [1.807, 2.05) is 0 Å². The average Bonchev–Trinajstić information content (AvgIpc) is 2.86. The van der Waals surface area contributed by atoms with Gasteiger partial charge in [-0.3, -0.25) is 29.6 Å². The van der Waals surface area contributed by atoms with Crippen LogP contribution in [0.2, 0.25) is 0 Å². The molecule has 0 spiro atoms. The molecule has 1 aliphatic rings. The van der Waals surface area contributed by atoms with E-state index in [0.717, 1.165) is 4.90 Å². The molecule has 1 aliphatic heterocycles. The first-order valence-corrected chi connectivity index (χ1v) is 7.64. The van der Waals surface area contributed by atoms with E-state index in [-0.39, 0.29) is 17.7 Å². The van der Waals surface area contributed by atoms with Crippen LogP contribution >= 0.6 is 0 Å². The van der Waals surface area contributed by atoms with Gasteiger partial charge >= 0.3 is 0 Å². The number of halogens is 1. The van der Waals surface area contributed by atoms with Crippen LogP contribution in [-0.4, -0.2) is 26.6 Å². The summed E-state index contributed by atoms with van der Waals surface area (Å²) in [7, 11) is 0. The number of amides is 2. The van der Waals surface area contributed by atoms with Crippen molar-refractivity contribution in [3.8, 4) is 0 Å².